The van der Waals surface area contributed by atoms with E-state index in [-0.39, 0.29) is 5.78 Å². The van der Waals surface area contributed by atoms with Gasteiger partial charge in [0.15, 0.2) is 0 Å². The summed E-state index contributed by atoms with van der Waals surface area (Å²) in [5.74, 6) is -0.0949. The van der Waals surface area contributed by atoms with E-state index >= 15 is 0 Å². The van der Waals surface area contributed by atoms with Crippen LogP contribution in [0.15, 0.2) is 28.9 Å². The number of aromatic nitrogens is 2. The van der Waals surface area contributed by atoms with Gasteiger partial charge in [-0.1, -0.05) is 11.6 Å². The lowest BCUT2D eigenvalue weighted by atomic mass is 10.1. The summed E-state index contributed by atoms with van der Waals surface area (Å²) < 4.78 is 2.23. The van der Waals surface area contributed by atoms with E-state index in [1.54, 1.807) is 24.0 Å². The minimum atomic E-state index is -0.0949. The maximum atomic E-state index is 12.3. The first-order chi connectivity index (χ1) is 7.99. The second kappa shape index (κ2) is 4.63. The molecule has 0 atom stereocenters. The van der Waals surface area contributed by atoms with Crippen LogP contribution in [-0.2, 0) is 7.05 Å². The van der Waals surface area contributed by atoms with Crippen LogP contribution >= 0.6 is 27.5 Å². The van der Waals surface area contributed by atoms with Crippen LogP contribution in [0.3, 0.4) is 0 Å². The predicted molar refractivity (Wildman–Crippen MR) is 70.5 cm³/mol. The Balaban J connectivity index is 2.51. The molecule has 0 unspecified atom stereocenters. The summed E-state index contributed by atoms with van der Waals surface area (Å²) in [4.78, 5) is 12.3. The number of aryl methyl sites for hydroxylation is 2. The first kappa shape index (κ1) is 12.3. The summed E-state index contributed by atoms with van der Waals surface area (Å²) in [6.07, 6.45) is 1.60. The number of carbonyl (C=O) groups is 1. The average Bonchev–Trinajstić information content (AvgIpc) is 2.56. The number of halogens is 2. The lowest BCUT2D eigenvalue weighted by molar-refractivity contribution is 0.102. The Kier molecular flexibility index (Phi) is 3.35. The molecule has 0 aliphatic rings. The molecule has 2 aromatic rings. The van der Waals surface area contributed by atoms with Crippen molar-refractivity contribution in [3.63, 3.8) is 0 Å². The summed E-state index contributed by atoms with van der Waals surface area (Å²) in [6.45, 7) is 1.90. The van der Waals surface area contributed by atoms with E-state index in [1.165, 1.54) is 0 Å². The lowest BCUT2D eigenvalue weighted by Gasteiger charge is -2.04. The Morgan fingerprint density at radius 3 is 2.65 bits per heavy atom. The molecule has 1 aromatic heterocycles. The van der Waals surface area contributed by atoms with Gasteiger partial charge >= 0.3 is 0 Å². The highest BCUT2D eigenvalue weighted by Gasteiger charge is 2.17. The van der Waals surface area contributed by atoms with Crippen LogP contribution in [0.1, 0.15) is 21.6 Å². The normalized spacial score (nSPS) is 10.6. The van der Waals surface area contributed by atoms with Crippen molar-refractivity contribution in [2.24, 2.45) is 7.05 Å². The number of rotatable bonds is 2. The van der Waals surface area contributed by atoms with Gasteiger partial charge in [0, 0.05) is 17.6 Å². The van der Waals surface area contributed by atoms with Crippen molar-refractivity contribution < 1.29 is 4.79 Å². The summed E-state index contributed by atoms with van der Waals surface area (Å²) in [6, 6.07) is 5.29. The van der Waals surface area contributed by atoms with E-state index in [1.807, 2.05) is 19.1 Å². The van der Waals surface area contributed by atoms with Gasteiger partial charge in [0.25, 0.3) is 0 Å². The average molecular weight is 314 g/mol. The summed E-state index contributed by atoms with van der Waals surface area (Å²) in [5.41, 5.74) is 2.05. The molecular formula is C12H10BrClN2O. The monoisotopic (exact) mass is 312 g/mol. The zero-order valence-electron chi connectivity index (χ0n) is 9.37. The molecule has 0 saturated carbocycles. The van der Waals surface area contributed by atoms with Crippen molar-refractivity contribution >= 4 is 33.3 Å². The lowest BCUT2D eigenvalue weighted by Crippen LogP contribution is -2.09. The molecule has 3 nitrogen and oxygen atoms in total. The highest BCUT2D eigenvalue weighted by atomic mass is 79.9. The molecule has 0 fully saturated rings. The van der Waals surface area contributed by atoms with Gasteiger partial charge in [0.2, 0.25) is 5.78 Å². The number of hydrogen-bond donors (Lipinski definition) is 0. The maximum Gasteiger partial charge on any atom is 0.212 e. The molecule has 5 heteroatoms. The van der Waals surface area contributed by atoms with Gasteiger partial charge in [-0.05, 0) is 46.6 Å². The van der Waals surface area contributed by atoms with Gasteiger partial charge in [0.05, 0.1) is 10.7 Å². The topological polar surface area (TPSA) is 34.9 Å². The van der Waals surface area contributed by atoms with Crippen LogP contribution in [-0.4, -0.2) is 15.6 Å². The molecule has 0 aliphatic carbocycles. The molecule has 2 rings (SSSR count). The van der Waals surface area contributed by atoms with Crippen LogP contribution in [0.25, 0.3) is 0 Å². The molecule has 0 aliphatic heterocycles. The Morgan fingerprint density at radius 2 is 2.12 bits per heavy atom. The molecular weight excluding hydrogens is 304 g/mol. The summed E-state index contributed by atoms with van der Waals surface area (Å²) in [7, 11) is 1.73. The van der Waals surface area contributed by atoms with Gasteiger partial charge in [-0.25, -0.2) is 0 Å². The standard InChI is InChI=1S/C12H10BrClN2O/c1-7-3-8(5-9(14)4-7)12(17)11-10(13)6-15-16(11)2/h3-6H,1-2H3. The second-order valence-corrected chi connectivity index (χ2v) is 5.10. The quantitative estimate of drug-likeness (QED) is 0.797. The minimum Gasteiger partial charge on any atom is -0.287 e. The third-order valence-electron chi connectivity index (χ3n) is 2.41. The van der Waals surface area contributed by atoms with Crippen molar-refractivity contribution in [2.45, 2.75) is 6.92 Å². The summed E-state index contributed by atoms with van der Waals surface area (Å²) >= 11 is 9.26. The highest BCUT2D eigenvalue weighted by Crippen LogP contribution is 2.22. The molecule has 1 aromatic carbocycles. The smallest absolute Gasteiger partial charge is 0.212 e. The van der Waals surface area contributed by atoms with E-state index in [0.29, 0.717) is 20.8 Å². The fourth-order valence-corrected chi connectivity index (χ4v) is 2.49. The Labute approximate surface area is 113 Å². The second-order valence-electron chi connectivity index (χ2n) is 3.81. The molecule has 1 heterocycles. The molecule has 0 spiro atoms. The number of carbonyl (C=O) groups excluding carboxylic acids is 1. The van der Waals surface area contributed by atoms with E-state index in [9.17, 15) is 4.79 Å². The van der Waals surface area contributed by atoms with Gasteiger partial charge < -0.3 is 0 Å². The minimum absolute atomic E-state index is 0.0949. The van der Waals surface area contributed by atoms with Crippen LogP contribution in [0.5, 0.6) is 0 Å². The van der Waals surface area contributed by atoms with Crippen LogP contribution < -0.4 is 0 Å². The molecule has 0 bridgehead atoms. The van der Waals surface area contributed by atoms with E-state index < -0.39 is 0 Å². The maximum absolute atomic E-state index is 12.3. The SMILES string of the molecule is Cc1cc(Cl)cc(C(=O)c2c(Br)cnn2C)c1. The van der Waals surface area contributed by atoms with Gasteiger partial charge in [-0.3, -0.25) is 9.48 Å². The van der Waals surface area contributed by atoms with Gasteiger partial charge in [0.1, 0.15) is 5.69 Å². The predicted octanol–water partition coefficient (Wildman–Crippen LogP) is 3.38. The van der Waals surface area contributed by atoms with E-state index in [2.05, 4.69) is 21.0 Å². The van der Waals surface area contributed by atoms with E-state index in [0.717, 1.165) is 5.56 Å². The Hall–Kier alpha value is -1.13. The third kappa shape index (κ3) is 2.42. The highest BCUT2D eigenvalue weighted by molar-refractivity contribution is 9.10. The number of benzene rings is 1. The summed E-state index contributed by atoms with van der Waals surface area (Å²) in [5, 5.41) is 4.59. The first-order valence-electron chi connectivity index (χ1n) is 4.98. The van der Waals surface area contributed by atoms with Crippen molar-refractivity contribution in [3.8, 4) is 0 Å². The van der Waals surface area contributed by atoms with Crippen LogP contribution in [0.2, 0.25) is 5.02 Å². The van der Waals surface area contributed by atoms with Crippen molar-refractivity contribution in [1.29, 1.82) is 0 Å². The first-order valence-corrected chi connectivity index (χ1v) is 6.15. The zero-order chi connectivity index (χ0) is 12.6. The third-order valence-corrected chi connectivity index (χ3v) is 3.21. The Morgan fingerprint density at radius 1 is 1.41 bits per heavy atom. The van der Waals surface area contributed by atoms with Crippen LogP contribution in [0, 0.1) is 6.92 Å². The number of nitrogens with zero attached hydrogens (tertiary/aromatic N) is 2. The molecule has 0 amide bonds. The number of hydrogen-bond acceptors (Lipinski definition) is 2. The van der Waals surface area contributed by atoms with Gasteiger partial charge in [-0.15, -0.1) is 0 Å². The van der Waals surface area contributed by atoms with Crippen molar-refractivity contribution in [1.82, 2.24) is 9.78 Å². The molecule has 88 valence electrons. The number of ketones is 1. The van der Waals surface area contributed by atoms with Crippen molar-refractivity contribution in [3.05, 3.63) is 50.7 Å². The van der Waals surface area contributed by atoms with Gasteiger partial charge in [-0.2, -0.15) is 5.10 Å². The van der Waals surface area contributed by atoms with Crippen LogP contribution in [0.4, 0.5) is 0 Å². The molecule has 17 heavy (non-hydrogen) atoms. The van der Waals surface area contributed by atoms with Crippen molar-refractivity contribution in [2.75, 3.05) is 0 Å². The fourth-order valence-electron chi connectivity index (χ4n) is 1.67. The zero-order valence-corrected chi connectivity index (χ0v) is 11.7. The molecule has 0 N–H and O–H groups in total. The van der Waals surface area contributed by atoms with E-state index in [4.69, 9.17) is 11.6 Å². The fraction of sp³-hybridized carbons (Fsp3) is 0.167. The largest absolute Gasteiger partial charge is 0.287 e. The molecule has 0 radical (unpaired) electrons. The Bertz CT molecular complexity index is 552. The molecule has 0 saturated heterocycles.